The second kappa shape index (κ2) is 9.07. The fourth-order valence-corrected chi connectivity index (χ4v) is 4.67. The van der Waals surface area contributed by atoms with Gasteiger partial charge in [0.05, 0.1) is 11.4 Å². The van der Waals surface area contributed by atoms with Gasteiger partial charge in [0.25, 0.3) is 0 Å². The SMILES string of the molecule is Cc1cccc(-c2ccc3nc(-c4ccc(Cl)cc4)c(CN4CCCN(C)CC4)n3c2)c1. The fourth-order valence-electron chi connectivity index (χ4n) is 4.55. The number of imidazole rings is 1. The number of rotatable bonds is 4. The fraction of sp³-hybridized carbons (Fsp3) is 0.296. The van der Waals surface area contributed by atoms with E-state index in [1.54, 1.807) is 0 Å². The Kier molecular flexibility index (Phi) is 6.01. The summed E-state index contributed by atoms with van der Waals surface area (Å²) in [6, 6.07) is 21.0. The zero-order valence-electron chi connectivity index (χ0n) is 18.8. The Bertz CT molecular complexity index is 1230. The van der Waals surface area contributed by atoms with Crippen molar-refractivity contribution in [2.24, 2.45) is 0 Å². The van der Waals surface area contributed by atoms with Gasteiger partial charge in [-0.1, -0.05) is 53.6 Å². The number of hydrogen-bond donors (Lipinski definition) is 0. The Labute approximate surface area is 195 Å². The molecule has 0 spiro atoms. The molecule has 0 aliphatic carbocycles. The third kappa shape index (κ3) is 4.44. The van der Waals surface area contributed by atoms with E-state index in [9.17, 15) is 0 Å². The van der Waals surface area contributed by atoms with Gasteiger partial charge in [-0.2, -0.15) is 0 Å². The molecule has 2 aromatic carbocycles. The second-order valence-corrected chi connectivity index (χ2v) is 9.30. The van der Waals surface area contributed by atoms with E-state index < -0.39 is 0 Å². The zero-order chi connectivity index (χ0) is 22.1. The molecule has 1 aliphatic heterocycles. The molecular weight excluding hydrogens is 416 g/mol. The van der Waals surface area contributed by atoms with E-state index in [4.69, 9.17) is 16.6 Å². The number of hydrogen-bond acceptors (Lipinski definition) is 3. The summed E-state index contributed by atoms with van der Waals surface area (Å²) in [6.07, 6.45) is 3.44. The first-order valence-corrected chi connectivity index (χ1v) is 11.7. The number of pyridine rings is 1. The van der Waals surface area contributed by atoms with Crippen LogP contribution in [0.3, 0.4) is 0 Å². The summed E-state index contributed by atoms with van der Waals surface area (Å²) in [5.74, 6) is 0. The summed E-state index contributed by atoms with van der Waals surface area (Å²) >= 11 is 6.17. The Morgan fingerprint density at radius 1 is 0.875 bits per heavy atom. The quantitative estimate of drug-likeness (QED) is 0.399. The Morgan fingerprint density at radius 2 is 1.69 bits per heavy atom. The minimum atomic E-state index is 0.747. The summed E-state index contributed by atoms with van der Waals surface area (Å²) in [7, 11) is 2.21. The monoisotopic (exact) mass is 444 g/mol. The van der Waals surface area contributed by atoms with Gasteiger partial charge in [0, 0.05) is 36.4 Å². The molecule has 1 saturated heterocycles. The van der Waals surface area contributed by atoms with Crippen molar-refractivity contribution in [3.63, 3.8) is 0 Å². The number of likely N-dealkylation sites (N-methyl/N-ethyl adjacent to an activating group) is 1. The highest BCUT2D eigenvalue weighted by Gasteiger charge is 2.19. The van der Waals surface area contributed by atoms with Gasteiger partial charge in [0.15, 0.2) is 0 Å². The van der Waals surface area contributed by atoms with Gasteiger partial charge in [0.1, 0.15) is 5.65 Å². The van der Waals surface area contributed by atoms with Gasteiger partial charge in [-0.05, 0) is 68.9 Å². The predicted molar refractivity (Wildman–Crippen MR) is 133 cm³/mol. The van der Waals surface area contributed by atoms with Gasteiger partial charge < -0.3 is 9.30 Å². The van der Waals surface area contributed by atoms with Crippen molar-refractivity contribution >= 4 is 17.2 Å². The minimum absolute atomic E-state index is 0.747. The van der Waals surface area contributed by atoms with Crippen molar-refractivity contribution in [3.05, 3.63) is 83.1 Å². The van der Waals surface area contributed by atoms with E-state index in [0.29, 0.717) is 0 Å². The molecule has 0 radical (unpaired) electrons. The Morgan fingerprint density at radius 3 is 2.50 bits per heavy atom. The molecule has 0 saturated carbocycles. The lowest BCUT2D eigenvalue weighted by Gasteiger charge is -2.21. The van der Waals surface area contributed by atoms with Crippen molar-refractivity contribution in [2.75, 3.05) is 33.2 Å². The van der Waals surface area contributed by atoms with Crippen LogP contribution < -0.4 is 0 Å². The molecule has 4 aromatic rings. The molecule has 5 rings (SSSR count). The lowest BCUT2D eigenvalue weighted by molar-refractivity contribution is 0.266. The molecule has 0 N–H and O–H groups in total. The molecular formula is C27H29ClN4. The maximum absolute atomic E-state index is 6.17. The molecule has 5 heteroatoms. The van der Waals surface area contributed by atoms with Crippen LogP contribution >= 0.6 is 11.6 Å². The van der Waals surface area contributed by atoms with Crippen LogP contribution in [0.1, 0.15) is 17.7 Å². The van der Waals surface area contributed by atoms with Crippen molar-refractivity contribution in [1.82, 2.24) is 19.2 Å². The van der Waals surface area contributed by atoms with Crippen molar-refractivity contribution in [2.45, 2.75) is 19.9 Å². The zero-order valence-corrected chi connectivity index (χ0v) is 19.5. The van der Waals surface area contributed by atoms with E-state index in [2.05, 4.69) is 82.9 Å². The van der Waals surface area contributed by atoms with Crippen LogP contribution in [0, 0.1) is 6.92 Å². The first-order chi connectivity index (χ1) is 15.6. The van der Waals surface area contributed by atoms with Gasteiger partial charge in [-0.3, -0.25) is 4.90 Å². The molecule has 32 heavy (non-hydrogen) atoms. The summed E-state index contributed by atoms with van der Waals surface area (Å²) in [4.78, 5) is 10.0. The van der Waals surface area contributed by atoms with Gasteiger partial charge >= 0.3 is 0 Å². The first kappa shape index (κ1) is 21.2. The minimum Gasteiger partial charge on any atom is -0.305 e. The van der Waals surface area contributed by atoms with Crippen LogP contribution in [0.2, 0.25) is 5.02 Å². The first-order valence-electron chi connectivity index (χ1n) is 11.3. The number of aryl methyl sites for hydroxylation is 1. The van der Waals surface area contributed by atoms with Crippen LogP contribution in [-0.4, -0.2) is 52.4 Å². The van der Waals surface area contributed by atoms with Gasteiger partial charge in [-0.25, -0.2) is 4.98 Å². The predicted octanol–water partition coefficient (Wildman–Crippen LogP) is 5.77. The number of fused-ring (bicyclic) bond motifs is 1. The normalized spacial score (nSPS) is 15.8. The molecule has 1 aliphatic rings. The molecule has 3 heterocycles. The highest BCUT2D eigenvalue weighted by molar-refractivity contribution is 6.30. The Balaban J connectivity index is 1.61. The van der Waals surface area contributed by atoms with Gasteiger partial charge in [-0.15, -0.1) is 0 Å². The van der Waals surface area contributed by atoms with Crippen LogP contribution in [0.4, 0.5) is 0 Å². The summed E-state index contributed by atoms with van der Waals surface area (Å²) < 4.78 is 2.29. The van der Waals surface area contributed by atoms with Crippen LogP contribution in [0.25, 0.3) is 28.0 Å². The number of aromatic nitrogens is 2. The average molecular weight is 445 g/mol. The van der Waals surface area contributed by atoms with Crippen LogP contribution in [-0.2, 0) is 6.54 Å². The van der Waals surface area contributed by atoms with Crippen LogP contribution in [0.5, 0.6) is 0 Å². The lowest BCUT2D eigenvalue weighted by Crippen LogP contribution is -2.29. The molecule has 2 aromatic heterocycles. The topological polar surface area (TPSA) is 23.8 Å². The van der Waals surface area contributed by atoms with E-state index in [1.165, 1.54) is 28.8 Å². The molecule has 164 valence electrons. The second-order valence-electron chi connectivity index (χ2n) is 8.86. The van der Waals surface area contributed by atoms with Crippen molar-refractivity contribution < 1.29 is 0 Å². The summed E-state index contributed by atoms with van der Waals surface area (Å²) in [6.45, 7) is 7.45. The van der Waals surface area contributed by atoms with E-state index >= 15 is 0 Å². The molecule has 1 fully saturated rings. The van der Waals surface area contributed by atoms with Gasteiger partial charge in [0.2, 0.25) is 0 Å². The number of benzene rings is 2. The van der Waals surface area contributed by atoms with E-state index in [0.717, 1.165) is 54.7 Å². The third-order valence-electron chi connectivity index (χ3n) is 6.37. The molecule has 0 unspecified atom stereocenters. The van der Waals surface area contributed by atoms with E-state index in [1.807, 2.05) is 12.1 Å². The summed E-state index contributed by atoms with van der Waals surface area (Å²) in [5.41, 5.74) is 8.07. The van der Waals surface area contributed by atoms with Crippen molar-refractivity contribution in [3.8, 4) is 22.4 Å². The highest BCUT2D eigenvalue weighted by atomic mass is 35.5. The molecule has 4 nitrogen and oxygen atoms in total. The number of halogens is 1. The van der Waals surface area contributed by atoms with E-state index in [-0.39, 0.29) is 0 Å². The standard InChI is InChI=1S/C27H29ClN4/c1-20-5-3-6-22(17-20)23-9-12-26-29-27(21-7-10-24(28)11-8-21)25(32(26)18-23)19-31-14-4-13-30(2)15-16-31/h3,5-12,17-18H,4,13-16,19H2,1-2H3. The maximum atomic E-state index is 6.17. The van der Waals surface area contributed by atoms with Crippen LogP contribution in [0.15, 0.2) is 66.9 Å². The largest absolute Gasteiger partial charge is 0.305 e. The number of nitrogens with zero attached hydrogens (tertiary/aromatic N) is 4. The smallest absolute Gasteiger partial charge is 0.137 e. The highest BCUT2D eigenvalue weighted by Crippen LogP contribution is 2.29. The summed E-state index contributed by atoms with van der Waals surface area (Å²) in [5, 5.41) is 0.747. The molecule has 0 bridgehead atoms. The maximum Gasteiger partial charge on any atom is 0.137 e. The van der Waals surface area contributed by atoms with Crippen molar-refractivity contribution in [1.29, 1.82) is 0 Å². The molecule has 0 atom stereocenters. The third-order valence-corrected chi connectivity index (χ3v) is 6.62. The average Bonchev–Trinajstić information content (AvgIpc) is 3.01. The Hall–Kier alpha value is -2.66. The molecule has 0 amide bonds. The lowest BCUT2D eigenvalue weighted by atomic mass is 10.1.